The van der Waals surface area contributed by atoms with E-state index in [4.69, 9.17) is 9.47 Å². The topological polar surface area (TPSA) is 60.5 Å². The third kappa shape index (κ3) is 3.77. The Morgan fingerprint density at radius 2 is 2.20 bits per heavy atom. The highest BCUT2D eigenvalue weighted by atomic mass is 32.1. The first kappa shape index (κ1) is 15.4. The Bertz CT molecular complexity index is 441. The van der Waals surface area contributed by atoms with Gasteiger partial charge in [0.25, 0.3) is 0 Å². The number of ether oxygens (including phenoxy) is 2. The van der Waals surface area contributed by atoms with E-state index in [9.17, 15) is 4.79 Å². The standard InChI is InChI=1S/C14H22N2O3S/c1-11-10-20-13(15-11)14(5-3-4-6-14)16-12(17)9-19-8-7-18-2/h10H,3-9H2,1-2H3,(H,16,17). The van der Waals surface area contributed by atoms with E-state index in [1.165, 1.54) is 0 Å². The van der Waals surface area contributed by atoms with Crippen molar-refractivity contribution in [3.63, 3.8) is 0 Å². The Hall–Kier alpha value is -0.980. The van der Waals surface area contributed by atoms with E-state index in [2.05, 4.69) is 10.3 Å². The monoisotopic (exact) mass is 298 g/mol. The van der Waals surface area contributed by atoms with Crippen molar-refractivity contribution in [3.05, 3.63) is 16.1 Å². The molecule has 0 bridgehead atoms. The van der Waals surface area contributed by atoms with Gasteiger partial charge in [0.2, 0.25) is 5.91 Å². The molecule has 1 N–H and O–H groups in total. The van der Waals surface area contributed by atoms with Crippen LogP contribution in [0.3, 0.4) is 0 Å². The second-order valence-electron chi connectivity index (χ2n) is 5.18. The molecule has 0 aromatic carbocycles. The van der Waals surface area contributed by atoms with Gasteiger partial charge in [-0.2, -0.15) is 0 Å². The smallest absolute Gasteiger partial charge is 0.246 e. The highest BCUT2D eigenvalue weighted by molar-refractivity contribution is 7.09. The molecule has 1 saturated carbocycles. The number of rotatable bonds is 7. The average molecular weight is 298 g/mol. The Morgan fingerprint density at radius 3 is 2.80 bits per heavy atom. The van der Waals surface area contributed by atoms with Crippen molar-refractivity contribution in [1.82, 2.24) is 10.3 Å². The van der Waals surface area contributed by atoms with Gasteiger partial charge < -0.3 is 14.8 Å². The van der Waals surface area contributed by atoms with Gasteiger partial charge >= 0.3 is 0 Å². The largest absolute Gasteiger partial charge is 0.382 e. The van der Waals surface area contributed by atoms with Crippen molar-refractivity contribution < 1.29 is 14.3 Å². The van der Waals surface area contributed by atoms with Crippen molar-refractivity contribution in [2.24, 2.45) is 0 Å². The number of nitrogens with zero attached hydrogens (tertiary/aromatic N) is 1. The van der Waals surface area contributed by atoms with E-state index in [0.717, 1.165) is 36.4 Å². The summed E-state index contributed by atoms with van der Waals surface area (Å²) in [6.45, 7) is 3.01. The van der Waals surface area contributed by atoms with Crippen LogP contribution in [-0.4, -0.2) is 37.8 Å². The number of carbonyl (C=O) groups is 1. The predicted molar refractivity (Wildman–Crippen MR) is 77.8 cm³/mol. The fourth-order valence-corrected chi connectivity index (χ4v) is 3.57. The maximum absolute atomic E-state index is 12.0. The molecule has 0 atom stereocenters. The van der Waals surface area contributed by atoms with Crippen LogP contribution in [0.2, 0.25) is 0 Å². The normalized spacial score (nSPS) is 17.3. The van der Waals surface area contributed by atoms with Gasteiger partial charge in [-0.25, -0.2) is 4.98 Å². The van der Waals surface area contributed by atoms with Crippen LogP contribution in [0.5, 0.6) is 0 Å². The van der Waals surface area contributed by atoms with E-state index in [1.54, 1.807) is 18.4 Å². The number of hydrogen-bond acceptors (Lipinski definition) is 5. The van der Waals surface area contributed by atoms with Crippen LogP contribution in [0.1, 0.15) is 36.4 Å². The van der Waals surface area contributed by atoms with E-state index in [-0.39, 0.29) is 18.1 Å². The van der Waals surface area contributed by atoms with E-state index in [1.807, 2.05) is 12.3 Å². The number of aryl methyl sites for hydroxylation is 1. The highest BCUT2D eigenvalue weighted by Gasteiger charge is 2.39. The molecule has 0 unspecified atom stereocenters. The van der Waals surface area contributed by atoms with Crippen LogP contribution in [0.25, 0.3) is 0 Å². The van der Waals surface area contributed by atoms with Crippen molar-refractivity contribution in [3.8, 4) is 0 Å². The summed E-state index contributed by atoms with van der Waals surface area (Å²) >= 11 is 1.63. The average Bonchev–Trinajstić information content (AvgIpc) is 3.05. The van der Waals surface area contributed by atoms with Crippen molar-refractivity contribution >= 4 is 17.2 Å². The summed E-state index contributed by atoms with van der Waals surface area (Å²) in [5, 5.41) is 6.21. The second kappa shape index (κ2) is 7.15. The number of nitrogens with one attached hydrogen (secondary N) is 1. The molecule has 20 heavy (non-hydrogen) atoms. The van der Waals surface area contributed by atoms with Gasteiger partial charge in [0.15, 0.2) is 0 Å². The van der Waals surface area contributed by atoms with Crippen LogP contribution in [-0.2, 0) is 19.8 Å². The highest BCUT2D eigenvalue weighted by Crippen LogP contribution is 2.40. The first-order valence-corrected chi connectivity index (χ1v) is 7.84. The predicted octanol–water partition coefficient (Wildman–Crippen LogP) is 2.00. The van der Waals surface area contributed by atoms with Crippen LogP contribution in [0.15, 0.2) is 5.38 Å². The summed E-state index contributed by atoms with van der Waals surface area (Å²) in [6.07, 6.45) is 4.18. The van der Waals surface area contributed by atoms with E-state index in [0.29, 0.717) is 13.2 Å². The molecule has 1 aliphatic carbocycles. The quantitative estimate of drug-likeness (QED) is 0.782. The molecule has 1 fully saturated rings. The SMILES string of the molecule is COCCOCC(=O)NC1(c2nc(C)cs2)CCCC1. The number of thiazole rings is 1. The lowest BCUT2D eigenvalue weighted by molar-refractivity contribution is -0.128. The lowest BCUT2D eigenvalue weighted by Crippen LogP contribution is -2.45. The molecule has 0 radical (unpaired) electrons. The molecule has 1 aromatic heterocycles. The third-order valence-electron chi connectivity index (χ3n) is 3.53. The molecule has 1 amide bonds. The summed E-state index contributed by atoms with van der Waals surface area (Å²) < 4.78 is 10.2. The van der Waals surface area contributed by atoms with E-state index >= 15 is 0 Å². The molecular formula is C14H22N2O3S. The van der Waals surface area contributed by atoms with Gasteiger partial charge in [0.1, 0.15) is 11.6 Å². The van der Waals surface area contributed by atoms with Gasteiger partial charge in [0, 0.05) is 18.2 Å². The van der Waals surface area contributed by atoms with E-state index < -0.39 is 0 Å². The Labute approximate surface area is 123 Å². The van der Waals surface area contributed by atoms with Gasteiger partial charge in [-0.15, -0.1) is 11.3 Å². The molecule has 112 valence electrons. The molecule has 6 heteroatoms. The van der Waals surface area contributed by atoms with Crippen molar-refractivity contribution in [2.75, 3.05) is 26.9 Å². The molecule has 2 rings (SSSR count). The zero-order chi connectivity index (χ0) is 14.4. The minimum absolute atomic E-state index is 0.0733. The summed E-state index contributed by atoms with van der Waals surface area (Å²) in [4.78, 5) is 16.6. The number of aromatic nitrogens is 1. The Balaban J connectivity index is 1.94. The van der Waals surface area contributed by atoms with Crippen LogP contribution in [0.4, 0.5) is 0 Å². The maximum atomic E-state index is 12.0. The first-order valence-electron chi connectivity index (χ1n) is 6.96. The van der Waals surface area contributed by atoms with Gasteiger partial charge in [-0.1, -0.05) is 12.8 Å². The van der Waals surface area contributed by atoms with Crippen LogP contribution >= 0.6 is 11.3 Å². The fraction of sp³-hybridized carbons (Fsp3) is 0.714. The molecule has 5 nitrogen and oxygen atoms in total. The molecule has 1 aromatic rings. The van der Waals surface area contributed by atoms with Gasteiger partial charge in [0.05, 0.1) is 18.8 Å². The number of amides is 1. The molecular weight excluding hydrogens is 276 g/mol. The van der Waals surface area contributed by atoms with Gasteiger partial charge in [-0.3, -0.25) is 4.79 Å². The second-order valence-corrected chi connectivity index (χ2v) is 6.03. The molecule has 1 heterocycles. The molecule has 0 spiro atoms. The lowest BCUT2D eigenvalue weighted by atomic mass is 9.98. The summed E-state index contributed by atoms with van der Waals surface area (Å²) in [6, 6.07) is 0. The summed E-state index contributed by atoms with van der Waals surface area (Å²) in [7, 11) is 1.61. The fourth-order valence-electron chi connectivity index (χ4n) is 2.55. The minimum atomic E-state index is -0.277. The van der Waals surface area contributed by atoms with Crippen LogP contribution < -0.4 is 5.32 Å². The number of hydrogen-bond donors (Lipinski definition) is 1. The number of methoxy groups -OCH3 is 1. The zero-order valence-electron chi connectivity index (χ0n) is 12.1. The van der Waals surface area contributed by atoms with Crippen LogP contribution in [0, 0.1) is 6.92 Å². The summed E-state index contributed by atoms with van der Waals surface area (Å²) in [5.74, 6) is -0.0733. The zero-order valence-corrected chi connectivity index (χ0v) is 12.9. The Kier molecular flexibility index (Phi) is 5.51. The molecule has 0 aliphatic heterocycles. The first-order chi connectivity index (χ1) is 9.66. The summed E-state index contributed by atoms with van der Waals surface area (Å²) in [5.41, 5.74) is 0.738. The van der Waals surface area contributed by atoms with Crippen molar-refractivity contribution in [1.29, 1.82) is 0 Å². The molecule has 1 aliphatic rings. The minimum Gasteiger partial charge on any atom is -0.382 e. The third-order valence-corrected chi connectivity index (χ3v) is 4.69. The van der Waals surface area contributed by atoms with Gasteiger partial charge in [-0.05, 0) is 19.8 Å². The number of carbonyl (C=O) groups excluding carboxylic acids is 1. The lowest BCUT2D eigenvalue weighted by Gasteiger charge is -2.28. The Morgan fingerprint density at radius 1 is 1.45 bits per heavy atom. The van der Waals surface area contributed by atoms with Crippen molar-refractivity contribution in [2.45, 2.75) is 38.1 Å². The maximum Gasteiger partial charge on any atom is 0.246 e. The molecule has 0 saturated heterocycles.